The Morgan fingerprint density at radius 3 is 2.79 bits per heavy atom. The van der Waals surface area contributed by atoms with Crippen LogP contribution in [0.3, 0.4) is 0 Å². The summed E-state index contributed by atoms with van der Waals surface area (Å²) in [5.74, 6) is 0.188. The molecule has 1 saturated carbocycles. The second kappa shape index (κ2) is 5.29. The topological polar surface area (TPSA) is 28.5 Å². The number of aromatic nitrogens is 1. The van der Waals surface area contributed by atoms with Crippen LogP contribution in [0.2, 0.25) is 0 Å². The van der Waals surface area contributed by atoms with Gasteiger partial charge >= 0.3 is 0 Å². The monoisotopic (exact) mass is 325 g/mol. The van der Waals surface area contributed by atoms with Crippen molar-refractivity contribution < 1.29 is 4.79 Å². The molecule has 1 amide bonds. The van der Waals surface area contributed by atoms with Crippen LogP contribution in [0.4, 0.5) is 0 Å². The molecule has 0 atom stereocenters. The van der Waals surface area contributed by atoms with Crippen LogP contribution in [0, 0.1) is 0 Å². The molecular formula is C14H20BrN3O. The zero-order valence-corrected chi connectivity index (χ0v) is 12.9. The quantitative estimate of drug-likeness (QED) is 0.835. The molecule has 19 heavy (non-hydrogen) atoms. The first-order valence-electron chi connectivity index (χ1n) is 7.00. The van der Waals surface area contributed by atoms with Gasteiger partial charge in [0.15, 0.2) is 0 Å². The Balaban J connectivity index is 1.79. The summed E-state index contributed by atoms with van der Waals surface area (Å²) in [4.78, 5) is 17.0. The molecule has 1 aromatic heterocycles. The van der Waals surface area contributed by atoms with E-state index >= 15 is 0 Å². The second-order valence-electron chi connectivity index (χ2n) is 5.63. The molecule has 2 aliphatic rings. The molecule has 0 aromatic carbocycles. The molecule has 1 saturated heterocycles. The molecule has 0 radical (unpaired) electrons. The normalized spacial score (nSPS) is 21.5. The second-order valence-corrected chi connectivity index (χ2v) is 6.55. The van der Waals surface area contributed by atoms with Crippen molar-refractivity contribution in [1.82, 2.24) is 14.4 Å². The summed E-state index contributed by atoms with van der Waals surface area (Å²) in [5.41, 5.74) is 0.846. The number of nitrogens with zero attached hydrogens (tertiary/aromatic N) is 3. The van der Waals surface area contributed by atoms with Crippen molar-refractivity contribution in [1.29, 1.82) is 0 Å². The van der Waals surface area contributed by atoms with E-state index in [0.29, 0.717) is 6.04 Å². The van der Waals surface area contributed by atoms with Gasteiger partial charge in [-0.3, -0.25) is 4.79 Å². The Bertz CT molecular complexity index is 481. The van der Waals surface area contributed by atoms with Crippen LogP contribution in [0.25, 0.3) is 0 Å². The SMILES string of the molecule is CN1CCCN(C(=O)c2cc(Br)cn2C2CC2)CC1. The maximum atomic E-state index is 12.7. The van der Waals surface area contributed by atoms with Crippen molar-refractivity contribution >= 4 is 21.8 Å². The van der Waals surface area contributed by atoms with Gasteiger partial charge in [0.2, 0.25) is 0 Å². The van der Waals surface area contributed by atoms with Gasteiger partial charge in [0, 0.05) is 36.3 Å². The van der Waals surface area contributed by atoms with Gasteiger partial charge < -0.3 is 14.4 Å². The van der Waals surface area contributed by atoms with Gasteiger partial charge in [0.25, 0.3) is 5.91 Å². The zero-order chi connectivity index (χ0) is 13.4. The number of hydrogen-bond donors (Lipinski definition) is 0. The number of rotatable bonds is 2. The summed E-state index contributed by atoms with van der Waals surface area (Å²) in [5, 5.41) is 0. The first kappa shape index (κ1) is 13.2. The molecule has 5 heteroatoms. The van der Waals surface area contributed by atoms with Gasteiger partial charge in [-0.15, -0.1) is 0 Å². The average Bonchev–Trinajstić information content (AvgIpc) is 3.17. The number of likely N-dealkylation sites (N-methyl/N-ethyl adjacent to an activating group) is 1. The summed E-state index contributed by atoms with van der Waals surface area (Å²) < 4.78 is 3.16. The fourth-order valence-electron chi connectivity index (χ4n) is 2.68. The fourth-order valence-corrected chi connectivity index (χ4v) is 3.12. The van der Waals surface area contributed by atoms with Crippen LogP contribution in [-0.4, -0.2) is 53.5 Å². The molecule has 0 unspecified atom stereocenters. The molecule has 4 nitrogen and oxygen atoms in total. The molecule has 1 aromatic rings. The van der Waals surface area contributed by atoms with Gasteiger partial charge in [-0.2, -0.15) is 0 Å². The van der Waals surface area contributed by atoms with Gasteiger partial charge in [-0.05, 0) is 54.9 Å². The van der Waals surface area contributed by atoms with Crippen molar-refractivity contribution in [3.63, 3.8) is 0 Å². The third-order valence-electron chi connectivity index (χ3n) is 3.98. The van der Waals surface area contributed by atoms with E-state index in [2.05, 4.69) is 38.6 Å². The molecular weight excluding hydrogens is 306 g/mol. The number of amides is 1. The van der Waals surface area contributed by atoms with Crippen LogP contribution in [0.15, 0.2) is 16.7 Å². The Kier molecular flexibility index (Phi) is 3.67. The van der Waals surface area contributed by atoms with Gasteiger partial charge in [0.1, 0.15) is 5.69 Å². The summed E-state index contributed by atoms with van der Waals surface area (Å²) in [6.07, 6.45) is 5.51. The average molecular weight is 326 g/mol. The number of carbonyl (C=O) groups is 1. The minimum atomic E-state index is 0.188. The van der Waals surface area contributed by atoms with Gasteiger partial charge in [-0.25, -0.2) is 0 Å². The van der Waals surface area contributed by atoms with Crippen LogP contribution in [0.5, 0.6) is 0 Å². The van der Waals surface area contributed by atoms with E-state index < -0.39 is 0 Å². The van der Waals surface area contributed by atoms with Crippen molar-refractivity contribution in [2.24, 2.45) is 0 Å². The Morgan fingerprint density at radius 2 is 2.05 bits per heavy atom. The molecule has 1 aliphatic heterocycles. The van der Waals surface area contributed by atoms with E-state index in [9.17, 15) is 4.79 Å². The summed E-state index contributed by atoms with van der Waals surface area (Å²) in [6, 6.07) is 2.51. The van der Waals surface area contributed by atoms with E-state index in [1.807, 2.05) is 11.0 Å². The molecule has 104 valence electrons. The standard InChI is InChI=1S/C14H20BrN3O/c1-16-5-2-6-17(8-7-16)14(19)13-9-11(15)10-18(13)12-3-4-12/h9-10,12H,2-8H2,1H3. The lowest BCUT2D eigenvalue weighted by molar-refractivity contribution is 0.0751. The highest BCUT2D eigenvalue weighted by molar-refractivity contribution is 9.10. The van der Waals surface area contributed by atoms with Crippen molar-refractivity contribution in [3.8, 4) is 0 Å². The highest BCUT2D eigenvalue weighted by Crippen LogP contribution is 2.37. The Labute approximate surface area is 122 Å². The molecule has 0 spiro atoms. The minimum Gasteiger partial charge on any atom is -0.339 e. The molecule has 2 fully saturated rings. The first-order chi connectivity index (χ1) is 9.15. The van der Waals surface area contributed by atoms with Gasteiger partial charge in [0.05, 0.1) is 0 Å². The lowest BCUT2D eigenvalue weighted by atomic mass is 10.3. The third kappa shape index (κ3) is 2.87. The van der Waals surface area contributed by atoms with E-state index in [4.69, 9.17) is 0 Å². The lowest BCUT2D eigenvalue weighted by Crippen LogP contribution is -2.35. The molecule has 3 rings (SSSR count). The molecule has 1 aliphatic carbocycles. The minimum absolute atomic E-state index is 0.188. The Morgan fingerprint density at radius 1 is 1.26 bits per heavy atom. The maximum Gasteiger partial charge on any atom is 0.270 e. The fraction of sp³-hybridized carbons (Fsp3) is 0.643. The number of carbonyl (C=O) groups excluding carboxylic acids is 1. The molecule has 0 bridgehead atoms. The van der Waals surface area contributed by atoms with Crippen LogP contribution < -0.4 is 0 Å². The van der Waals surface area contributed by atoms with E-state index in [1.165, 1.54) is 12.8 Å². The van der Waals surface area contributed by atoms with Crippen molar-refractivity contribution in [2.75, 3.05) is 33.2 Å². The van der Waals surface area contributed by atoms with E-state index in [-0.39, 0.29) is 5.91 Å². The molecule has 2 heterocycles. The summed E-state index contributed by atoms with van der Waals surface area (Å²) >= 11 is 3.50. The predicted octanol–water partition coefficient (Wildman–Crippen LogP) is 2.36. The lowest BCUT2D eigenvalue weighted by Gasteiger charge is -2.21. The largest absolute Gasteiger partial charge is 0.339 e. The molecule has 0 N–H and O–H groups in total. The number of hydrogen-bond acceptors (Lipinski definition) is 2. The van der Waals surface area contributed by atoms with Crippen LogP contribution in [-0.2, 0) is 0 Å². The number of halogens is 1. The predicted molar refractivity (Wildman–Crippen MR) is 78.4 cm³/mol. The third-order valence-corrected chi connectivity index (χ3v) is 4.41. The van der Waals surface area contributed by atoms with Crippen LogP contribution in [0.1, 0.15) is 35.8 Å². The first-order valence-corrected chi connectivity index (χ1v) is 7.79. The van der Waals surface area contributed by atoms with Crippen molar-refractivity contribution in [2.45, 2.75) is 25.3 Å². The van der Waals surface area contributed by atoms with Gasteiger partial charge in [-0.1, -0.05) is 0 Å². The maximum absolute atomic E-state index is 12.7. The highest BCUT2D eigenvalue weighted by atomic mass is 79.9. The summed E-state index contributed by atoms with van der Waals surface area (Å²) in [7, 11) is 2.12. The smallest absolute Gasteiger partial charge is 0.270 e. The van der Waals surface area contributed by atoms with E-state index in [0.717, 1.165) is 42.8 Å². The van der Waals surface area contributed by atoms with Crippen molar-refractivity contribution in [3.05, 3.63) is 22.4 Å². The summed E-state index contributed by atoms with van der Waals surface area (Å²) in [6.45, 7) is 3.76. The van der Waals surface area contributed by atoms with Crippen LogP contribution >= 0.6 is 15.9 Å². The Hall–Kier alpha value is -0.810. The highest BCUT2D eigenvalue weighted by Gasteiger charge is 2.29. The zero-order valence-electron chi connectivity index (χ0n) is 11.3. The van der Waals surface area contributed by atoms with E-state index in [1.54, 1.807) is 0 Å².